The van der Waals surface area contributed by atoms with Gasteiger partial charge in [0.25, 0.3) is 5.91 Å². The summed E-state index contributed by atoms with van der Waals surface area (Å²) < 4.78 is 1.90. The van der Waals surface area contributed by atoms with Crippen molar-refractivity contribution < 1.29 is 4.79 Å². The van der Waals surface area contributed by atoms with E-state index >= 15 is 0 Å². The number of carbonyl (C=O) groups excluding carboxylic acids is 1. The van der Waals surface area contributed by atoms with Crippen molar-refractivity contribution in [3.63, 3.8) is 0 Å². The van der Waals surface area contributed by atoms with Crippen molar-refractivity contribution in [3.05, 3.63) is 36.4 Å². The molecule has 0 radical (unpaired) electrons. The lowest BCUT2D eigenvalue weighted by molar-refractivity contribution is 0.0928. The molecule has 1 aliphatic heterocycles. The molecule has 2 N–H and O–H groups in total. The fraction of sp³-hybridized carbons (Fsp3) is 0.429. The average Bonchev–Trinajstić information content (AvgIpc) is 3.13. The summed E-state index contributed by atoms with van der Waals surface area (Å²) in [7, 11) is 0. The zero-order valence-corrected chi connectivity index (χ0v) is 10.5. The number of pyridine rings is 1. The van der Waals surface area contributed by atoms with Crippen LogP contribution in [-0.2, 0) is 0 Å². The summed E-state index contributed by atoms with van der Waals surface area (Å²) in [5.41, 5.74) is 1.65. The number of rotatable bonds is 2. The van der Waals surface area contributed by atoms with Gasteiger partial charge in [0, 0.05) is 23.8 Å². The van der Waals surface area contributed by atoms with Crippen LogP contribution in [0.3, 0.4) is 0 Å². The van der Waals surface area contributed by atoms with Crippen molar-refractivity contribution >= 4 is 11.4 Å². The number of piperidine rings is 1. The quantitative estimate of drug-likeness (QED) is 0.836. The molecule has 2 aromatic rings. The van der Waals surface area contributed by atoms with Crippen LogP contribution >= 0.6 is 0 Å². The van der Waals surface area contributed by atoms with Crippen molar-refractivity contribution in [2.24, 2.45) is 5.92 Å². The van der Waals surface area contributed by atoms with Crippen LogP contribution in [0.25, 0.3) is 5.52 Å². The molecule has 2 fully saturated rings. The number of nitrogens with one attached hydrogen (secondary N) is 2. The number of aromatic nitrogens is 2. The second kappa shape index (κ2) is 4.06. The third-order valence-corrected chi connectivity index (χ3v) is 4.32. The van der Waals surface area contributed by atoms with Gasteiger partial charge >= 0.3 is 0 Å². The van der Waals surface area contributed by atoms with Gasteiger partial charge in [0.05, 0.1) is 18.0 Å². The largest absolute Gasteiger partial charge is 0.348 e. The zero-order chi connectivity index (χ0) is 12.8. The summed E-state index contributed by atoms with van der Waals surface area (Å²) >= 11 is 0. The molecule has 2 aromatic heterocycles. The maximum atomic E-state index is 12.3. The number of imidazole rings is 1. The lowest BCUT2D eigenvalue weighted by atomic mass is 10.1. The van der Waals surface area contributed by atoms with E-state index in [1.54, 1.807) is 12.5 Å². The highest BCUT2D eigenvalue weighted by atomic mass is 16.1. The first-order valence-corrected chi connectivity index (χ1v) is 6.75. The van der Waals surface area contributed by atoms with Crippen molar-refractivity contribution in [2.45, 2.75) is 24.9 Å². The molecule has 4 rings (SSSR count). The molecule has 98 valence electrons. The van der Waals surface area contributed by atoms with E-state index in [9.17, 15) is 4.79 Å². The topological polar surface area (TPSA) is 58.4 Å². The third-order valence-electron chi connectivity index (χ3n) is 4.32. The van der Waals surface area contributed by atoms with Gasteiger partial charge in [-0.1, -0.05) is 0 Å². The highest BCUT2D eigenvalue weighted by molar-refractivity contribution is 5.95. The number of nitrogens with zero attached hydrogens (tertiary/aromatic N) is 2. The molecule has 19 heavy (non-hydrogen) atoms. The Morgan fingerprint density at radius 2 is 2.42 bits per heavy atom. The third kappa shape index (κ3) is 1.81. The van der Waals surface area contributed by atoms with Gasteiger partial charge < -0.3 is 15.0 Å². The summed E-state index contributed by atoms with van der Waals surface area (Å²) in [6.07, 6.45) is 7.67. The highest BCUT2D eigenvalue weighted by Gasteiger charge is 2.39. The Morgan fingerprint density at radius 3 is 3.21 bits per heavy atom. The van der Waals surface area contributed by atoms with Crippen LogP contribution in [0.4, 0.5) is 0 Å². The average molecular weight is 256 g/mol. The minimum Gasteiger partial charge on any atom is -0.348 e. The van der Waals surface area contributed by atoms with E-state index in [-0.39, 0.29) is 11.9 Å². The van der Waals surface area contributed by atoms with Gasteiger partial charge in [-0.25, -0.2) is 4.98 Å². The first-order chi connectivity index (χ1) is 9.29. The van der Waals surface area contributed by atoms with Crippen molar-refractivity contribution in [2.75, 3.05) is 6.54 Å². The van der Waals surface area contributed by atoms with Crippen molar-refractivity contribution in [1.82, 2.24) is 20.0 Å². The first kappa shape index (κ1) is 11.0. The number of hydrogen-bond acceptors (Lipinski definition) is 3. The molecule has 3 heterocycles. The zero-order valence-electron chi connectivity index (χ0n) is 10.5. The van der Waals surface area contributed by atoms with Gasteiger partial charge in [0.1, 0.15) is 0 Å². The van der Waals surface area contributed by atoms with Gasteiger partial charge in [-0.3, -0.25) is 4.79 Å². The molecule has 1 aliphatic carbocycles. The molecule has 1 amide bonds. The summed E-state index contributed by atoms with van der Waals surface area (Å²) in [5, 5.41) is 6.61. The Balaban J connectivity index is 1.53. The van der Waals surface area contributed by atoms with Crippen molar-refractivity contribution in [3.8, 4) is 0 Å². The molecule has 0 spiro atoms. The number of carbonyl (C=O) groups is 1. The predicted molar refractivity (Wildman–Crippen MR) is 71.0 cm³/mol. The number of hydrogen-bond donors (Lipinski definition) is 2. The monoisotopic (exact) mass is 256 g/mol. The second-order valence-corrected chi connectivity index (χ2v) is 5.57. The maximum absolute atomic E-state index is 12.3. The molecule has 2 aliphatic rings. The van der Waals surface area contributed by atoms with E-state index in [2.05, 4.69) is 15.6 Å². The lowest BCUT2D eigenvalue weighted by Gasteiger charge is -2.24. The second-order valence-electron chi connectivity index (χ2n) is 5.57. The van der Waals surface area contributed by atoms with E-state index in [1.807, 2.05) is 22.7 Å². The summed E-state index contributed by atoms with van der Waals surface area (Å²) in [6.45, 7) is 1.11. The normalized spacial score (nSPS) is 28.9. The molecule has 5 nitrogen and oxygen atoms in total. The van der Waals surface area contributed by atoms with Crippen LogP contribution in [-0.4, -0.2) is 33.9 Å². The van der Waals surface area contributed by atoms with Gasteiger partial charge in [-0.15, -0.1) is 0 Å². The molecule has 3 atom stereocenters. The molecular weight excluding hydrogens is 240 g/mol. The minimum atomic E-state index is 0.0167. The summed E-state index contributed by atoms with van der Waals surface area (Å²) in [5.74, 6) is 0.760. The van der Waals surface area contributed by atoms with Gasteiger partial charge in [0.2, 0.25) is 0 Å². The Kier molecular flexibility index (Phi) is 2.35. The molecule has 0 aromatic carbocycles. The van der Waals surface area contributed by atoms with Crippen molar-refractivity contribution in [1.29, 1.82) is 0 Å². The highest BCUT2D eigenvalue weighted by Crippen LogP contribution is 2.31. The van der Waals surface area contributed by atoms with E-state index < -0.39 is 0 Å². The molecule has 0 unspecified atom stereocenters. The van der Waals surface area contributed by atoms with Crippen LogP contribution in [0, 0.1) is 5.92 Å². The smallest absolute Gasteiger partial charge is 0.251 e. The SMILES string of the molecule is O=C(N[C@@H]1C[C@@H]2CN[C@@H]1C2)c1ccn2cncc2c1. The first-order valence-electron chi connectivity index (χ1n) is 6.75. The minimum absolute atomic E-state index is 0.0167. The maximum Gasteiger partial charge on any atom is 0.251 e. The fourth-order valence-corrected chi connectivity index (χ4v) is 3.33. The molecule has 1 saturated heterocycles. The predicted octanol–water partition coefficient (Wildman–Crippen LogP) is 0.814. The number of fused-ring (bicyclic) bond motifs is 3. The summed E-state index contributed by atoms with van der Waals surface area (Å²) in [4.78, 5) is 16.3. The van der Waals surface area contributed by atoms with Gasteiger partial charge in [0.15, 0.2) is 0 Å². The summed E-state index contributed by atoms with van der Waals surface area (Å²) in [6, 6.07) is 4.47. The van der Waals surface area contributed by atoms with E-state index in [0.29, 0.717) is 11.6 Å². The van der Waals surface area contributed by atoms with Crippen LogP contribution in [0.5, 0.6) is 0 Å². The number of amides is 1. The van der Waals surface area contributed by atoms with Crippen LogP contribution < -0.4 is 10.6 Å². The van der Waals surface area contributed by atoms with E-state index in [0.717, 1.165) is 24.4 Å². The van der Waals surface area contributed by atoms with Crippen LogP contribution in [0.2, 0.25) is 0 Å². The Hall–Kier alpha value is -1.88. The fourth-order valence-electron chi connectivity index (χ4n) is 3.33. The van der Waals surface area contributed by atoms with Gasteiger partial charge in [-0.05, 0) is 37.4 Å². The Morgan fingerprint density at radius 1 is 1.47 bits per heavy atom. The lowest BCUT2D eigenvalue weighted by Crippen LogP contribution is -2.47. The Labute approximate surface area is 111 Å². The van der Waals surface area contributed by atoms with E-state index in [1.165, 1.54) is 6.42 Å². The molecule has 2 bridgehead atoms. The molecule has 1 saturated carbocycles. The van der Waals surface area contributed by atoms with Crippen LogP contribution in [0.1, 0.15) is 23.2 Å². The Bertz CT molecular complexity index is 635. The molecule has 5 heteroatoms. The van der Waals surface area contributed by atoms with Gasteiger partial charge in [-0.2, -0.15) is 0 Å². The van der Waals surface area contributed by atoms with E-state index in [4.69, 9.17) is 0 Å². The molecular formula is C14H16N4O. The van der Waals surface area contributed by atoms with Crippen LogP contribution in [0.15, 0.2) is 30.9 Å². The standard InChI is InChI=1S/C14H16N4O/c19-14(17-13-4-9-3-12(13)16-6-9)10-1-2-18-8-15-7-11(18)5-10/h1-2,5,7-9,12-13,16H,3-4,6H2,(H,17,19)/t9-,12-,13-/m1/s1.